The van der Waals surface area contributed by atoms with Crippen molar-refractivity contribution in [1.29, 1.82) is 0 Å². The minimum absolute atomic E-state index is 0.331. The molecule has 1 aromatic carbocycles. The third kappa shape index (κ3) is 3.07. The average Bonchev–Trinajstić information content (AvgIpc) is 2.32. The molecule has 0 aliphatic heterocycles. The number of likely N-dealkylation sites (N-methyl/N-ethyl adjacent to an activating group) is 1. The largest absolute Gasteiger partial charge is 0.303 e. The van der Waals surface area contributed by atoms with Crippen LogP contribution in [-0.4, -0.2) is 24.5 Å². The van der Waals surface area contributed by atoms with Gasteiger partial charge >= 0.3 is 0 Å². The lowest BCUT2D eigenvalue weighted by atomic mass is 9.73. The van der Waals surface area contributed by atoms with Crippen molar-refractivity contribution in [3.8, 4) is 0 Å². The summed E-state index contributed by atoms with van der Waals surface area (Å²) in [6.07, 6.45) is 6.41. The van der Waals surface area contributed by atoms with Gasteiger partial charge in [0.05, 0.1) is 0 Å². The van der Waals surface area contributed by atoms with E-state index in [0.717, 1.165) is 17.4 Å². The van der Waals surface area contributed by atoms with Crippen LogP contribution in [0.25, 0.3) is 0 Å². The molecule has 2 rings (SSSR count). The number of nitrogens with zero attached hydrogens (tertiary/aromatic N) is 1. The maximum atomic E-state index is 6.10. The molecular formula is C16H24ClN. The van der Waals surface area contributed by atoms with Gasteiger partial charge in [-0.1, -0.05) is 30.7 Å². The van der Waals surface area contributed by atoms with Gasteiger partial charge in [0.25, 0.3) is 0 Å². The second-order valence-corrected chi connectivity index (χ2v) is 6.54. The molecule has 0 aromatic heterocycles. The van der Waals surface area contributed by atoms with Gasteiger partial charge in [0, 0.05) is 10.6 Å². The first kappa shape index (κ1) is 13.9. The Morgan fingerprint density at radius 1 is 1.28 bits per heavy atom. The van der Waals surface area contributed by atoms with Crippen molar-refractivity contribution >= 4 is 11.6 Å². The van der Waals surface area contributed by atoms with Crippen LogP contribution in [0.4, 0.5) is 0 Å². The zero-order chi connectivity index (χ0) is 13.2. The molecule has 0 saturated heterocycles. The highest BCUT2D eigenvalue weighted by Crippen LogP contribution is 2.37. The highest BCUT2D eigenvalue weighted by atomic mass is 35.5. The first-order valence-corrected chi connectivity index (χ1v) is 7.31. The Kier molecular flexibility index (Phi) is 4.34. The molecule has 0 amide bonds. The van der Waals surface area contributed by atoms with E-state index in [1.165, 1.54) is 31.2 Å². The molecule has 0 atom stereocenters. The predicted molar refractivity (Wildman–Crippen MR) is 79.2 cm³/mol. The van der Waals surface area contributed by atoms with Gasteiger partial charge in [-0.05, 0) is 69.8 Å². The van der Waals surface area contributed by atoms with Crippen molar-refractivity contribution in [3.05, 3.63) is 34.9 Å². The number of halogens is 1. The van der Waals surface area contributed by atoms with E-state index in [9.17, 15) is 0 Å². The maximum Gasteiger partial charge on any atom is 0.0408 e. The molecule has 1 aliphatic carbocycles. The molecular weight excluding hydrogens is 242 g/mol. The second-order valence-electron chi connectivity index (χ2n) is 6.11. The van der Waals surface area contributed by atoms with Crippen LogP contribution in [-0.2, 0) is 6.42 Å². The van der Waals surface area contributed by atoms with Crippen LogP contribution >= 0.6 is 11.6 Å². The summed E-state index contributed by atoms with van der Waals surface area (Å²) in [5.74, 6) is 0.887. The topological polar surface area (TPSA) is 3.24 Å². The van der Waals surface area contributed by atoms with E-state index < -0.39 is 0 Å². The highest BCUT2D eigenvalue weighted by Gasteiger charge is 2.36. The Balaban J connectivity index is 2.16. The number of hydrogen-bond acceptors (Lipinski definition) is 1. The molecule has 0 heterocycles. The fourth-order valence-corrected chi connectivity index (χ4v) is 3.32. The van der Waals surface area contributed by atoms with Crippen LogP contribution in [0.15, 0.2) is 24.3 Å². The second kappa shape index (κ2) is 5.63. The number of hydrogen-bond donors (Lipinski definition) is 0. The standard InChI is InChI=1S/C16H24ClN/c1-13-7-9-16(10-8-13,18(2)3)12-14-5-4-6-15(17)11-14/h4-6,11,13H,7-10,12H2,1-3H3. The van der Waals surface area contributed by atoms with Crippen LogP contribution in [0, 0.1) is 5.92 Å². The molecule has 2 heteroatoms. The van der Waals surface area contributed by atoms with E-state index in [-0.39, 0.29) is 0 Å². The zero-order valence-electron chi connectivity index (χ0n) is 11.7. The lowest BCUT2D eigenvalue weighted by Crippen LogP contribution is -2.48. The molecule has 1 saturated carbocycles. The Labute approximate surface area is 116 Å². The molecule has 0 radical (unpaired) electrons. The molecule has 100 valence electrons. The maximum absolute atomic E-state index is 6.10. The molecule has 0 spiro atoms. The van der Waals surface area contributed by atoms with Crippen molar-refractivity contribution in [2.24, 2.45) is 5.92 Å². The summed E-state index contributed by atoms with van der Waals surface area (Å²) in [6, 6.07) is 8.34. The van der Waals surface area contributed by atoms with Gasteiger partial charge in [-0.2, -0.15) is 0 Å². The van der Waals surface area contributed by atoms with E-state index in [2.05, 4.69) is 44.1 Å². The van der Waals surface area contributed by atoms with E-state index in [1.54, 1.807) is 0 Å². The van der Waals surface area contributed by atoms with Gasteiger partial charge in [0.15, 0.2) is 0 Å². The summed E-state index contributed by atoms with van der Waals surface area (Å²) in [4.78, 5) is 2.43. The lowest BCUT2D eigenvalue weighted by molar-refractivity contribution is 0.0830. The third-order valence-electron chi connectivity index (χ3n) is 4.58. The average molecular weight is 266 g/mol. The van der Waals surface area contributed by atoms with Crippen LogP contribution in [0.2, 0.25) is 5.02 Å². The molecule has 1 aromatic rings. The minimum Gasteiger partial charge on any atom is -0.303 e. The van der Waals surface area contributed by atoms with E-state index in [1.807, 2.05) is 6.07 Å². The van der Waals surface area contributed by atoms with Crippen molar-refractivity contribution in [2.75, 3.05) is 14.1 Å². The first-order valence-electron chi connectivity index (χ1n) is 6.94. The summed E-state index contributed by atoms with van der Waals surface area (Å²) in [7, 11) is 4.45. The Morgan fingerprint density at radius 2 is 1.94 bits per heavy atom. The SMILES string of the molecule is CC1CCC(Cc2cccc(Cl)c2)(N(C)C)CC1. The molecule has 18 heavy (non-hydrogen) atoms. The molecule has 0 unspecified atom stereocenters. The Morgan fingerprint density at radius 3 is 2.50 bits per heavy atom. The number of benzene rings is 1. The van der Waals surface area contributed by atoms with E-state index in [0.29, 0.717) is 5.54 Å². The van der Waals surface area contributed by atoms with Crippen LogP contribution in [0.1, 0.15) is 38.2 Å². The normalized spacial score (nSPS) is 28.6. The van der Waals surface area contributed by atoms with Crippen molar-refractivity contribution in [2.45, 2.75) is 44.6 Å². The van der Waals surface area contributed by atoms with Crippen molar-refractivity contribution in [3.63, 3.8) is 0 Å². The molecule has 1 aliphatic rings. The first-order chi connectivity index (χ1) is 8.52. The molecule has 1 fully saturated rings. The van der Waals surface area contributed by atoms with Gasteiger partial charge in [-0.15, -0.1) is 0 Å². The predicted octanol–water partition coefficient (Wildman–Crippen LogP) is 4.39. The fourth-order valence-electron chi connectivity index (χ4n) is 3.11. The van der Waals surface area contributed by atoms with Gasteiger partial charge in [0.2, 0.25) is 0 Å². The summed E-state index contributed by atoms with van der Waals surface area (Å²) >= 11 is 6.10. The van der Waals surface area contributed by atoms with Crippen molar-refractivity contribution < 1.29 is 0 Å². The molecule has 0 bridgehead atoms. The van der Waals surface area contributed by atoms with E-state index in [4.69, 9.17) is 11.6 Å². The minimum atomic E-state index is 0.331. The summed E-state index contributed by atoms with van der Waals surface area (Å²) in [6.45, 7) is 2.37. The summed E-state index contributed by atoms with van der Waals surface area (Å²) < 4.78 is 0. The highest BCUT2D eigenvalue weighted by molar-refractivity contribution is 6.30. The summed E-state index contributed by atoms with van der Waals surface area (Å²) in [5, 5.41) is 0.852. The quantitative estimate of drug-likeness (QED) is 0.783. The number of rotatable bonds is 3. The summed E-state index contributed by atoms with van der Waals surface area (Å²) in [5.41, 5.74) is 1.70. The van der Waals surface area contributed by atoms with E-state index >= 15 is 0 Å². The van der Waals surface area contributed by atoms with Gasteiger partial charge < -0.3 is 4.90 Å². The van der Waals surface area contributed by atoms with Crippen molar-refractivity contribution in [1.82, 2.24) is 4.90 Å². The van der Waals surface area contributed by atoms with Crippen LogP contribution in [0.5, 0.6) is 0 Å². The fraction of sp³-hybridized carbons (Fsp3) is 0.625. The Hall–Kier alpha value is -0.530. The van der Waals surface area contributed by atoms with Crippen LogP contribution < -0.4 is 0 Å². The van der Waals surface area contributed by atoms with Gasteiger partial charge in [0.1, 0.15) is 0 Å². The molecule has 1 nitrogen and oxygen atoms in total. The monoisotopic (exact) mass is 265 g/mol. The smallest absolute Gasteiger partial charge is 0.0408 e. The Bertz CT molecular complexity index is 392. The molecule has 0 N–H and O–H groups in total. The third-order valence-corrected chi connectivity index (χ3v) is 4.81. The van der Waals surface area contributed by atoms with Gasteiger partial charge in [-0.25, -0.2) is 0 Å². The van der Waals surface area contributed by atoms with Gasteiger partial charge in [-0.3, -0.25) is 0 Å². The lowest BCUT2D eigenvalue weighted by Gasteiger charge is -2.45. The van der Waals surface area contributed by atoms with Crippen LogP contribution in [0.3, 0.4) is 0 Å². The zero-order valence-corrected chi connectivity index (χ0v) is 12.5.